The predicted molar refractivity (Wildman–Crippen MR) is 100 cm³/mol. The van der Waals surface area contributed by atoms with Crippen LogP contribution in [0.3, 0.4) is 0 Å². The third-order valence-electron chi connectivity index (χ3n) is 5.56. The molecule has 0 saturated carbocycles. The van der Waals surface area contributed by atoms with E-state index >= 15 is 0 Å². The number of rotatable bonds is 4. The van der Waals surface area contributed by atoms with Gasteiger partial charge in [0.1, 0.15) is 5.82 Å². The number of aromatic nitrogens is 1. The lowest BCUT2D eigenvalue weighted by Gasteiger charge is -2.49. The van der Waals surface area contributed by atoms with E-state index in [4.69, 9.17) is 4.74 Å². The second kappa shape index (κ2) is 7.64. The highest BCUT2D eigenvalue weighted by molar-refractivity contribution is 5.89. The van der Waals surface area contributed by atoms with Crippen LogP contribution in [0.4, 0.5) is 5.82 Å². The smallest absolute Gasteiger partial charge is 0.339 e. The predicted octanol–water partition coefficient (Wildman–Crippen LogP) is 2.88. The number of likely N-dealkylation sites (tertiary alicyclic amines) is 1. The standard InChI is InChI=1S/C20H29N3O3/c1-4-26-19(25)16-6-7-17(21-12-16)22-11-5-9-20(13-22)10-8-18(24)23(14-20)15(2)3/h6-7,12,15H,4-5,8-11,13-14H2,1-3H3/t20-/m0/s1. The fourth-order valence-electron chi connectivity index (χ4n) is 4.16. The molecular formula is C20H29N3O3. The highest BCUT2D eigenvalue weighted by atomic mass is 16.5. The van der Waals surface area contributed by atoms with Crippen LogP contribution in [0.25, 0.3) is 0 Å². The Morgan fingerprint density at radius 3 is 2.77 bits per heavy atom. The van der Waals surface area contributed by atoms with Crippen molar-refractivity contribution in [1.82, 2.24) is 9.88 Å². The third kappa shape index (κ3) is 3.84. The van der Waals surface area contributed by atoms with Crippen LogP contribution in [0.15, 0.2) is 18.3 Å². The summed E-state index contributed by atoms with van der Waals surface area (Å²) in [7, 11) is 0. The van der Waals surface area contributed by atoms with Gasteiger partial charge < -0.3 is 14.5 Å². The number of hydrogen-bond acceptors (Lipinski definition) is 5. The Morgan fingerprint density at radius 1 is 1.31 bits per heavy atom. The molecule has 26 heavy (non-hydrogen) atoms. The molecule has 1 atom stereocenters. The maximum Gasteiger partial charge on any atom is 0.339 e. The summed E-state index contributed by atoms with van der Waals surface area (Å²) in [4.78, 5) is 32.8. The van der Waals surface area contributed by atoms with E-state index in [0.29, 0.717) is 18.6 Å². The van der Waals surface area contributed by atoms with Crippen molar-refractivity contribution in [1.29, 1.82) is 0 Å². The highest BCUT2D eigenvalue weighted by Crippen LogP contribution is 2.40. The molecule has 1 amide bonds. The van der Waals surface area contributed by atoms with Gasteiger partial charge in [0.15, 0.2) is 0 Å². The van der Waals surface area contributed by atoms with Crippen LogP contribution in [0.5, 0.6) is 0 Å². The van der Waals surface area contributed by atoms with Gasteiger partial charge in [-0.3, -0.25) is 4.79 Å². The zero-order valence-corrected chi connectivity index (χ0v) is 16.0. The molecule has 1 spiro atoms. The number of pyridine rings is 1. The topological polar surface area (TPSA) is 62.7 Å². The van der Waals surface area contributed by atoms with Gasteiger partial charge in [-0.15, -0.1) is 0 Å². The normalized spacial score (nSPS) is 23.6. The van der Waals surface area contributed by atoms with E-state index in [1.165, 1.54) is 0 Å². The molecular weight excluding hydrogens is 330 g/mol. The fourth-order valence-corrected chi connectivity index (χ4v) is 4.16. The first-order valence-corrected chi connectivity index (χ1v) is 9.62. The summed E-state index contributed by atoms with van der Waals surface area (Å²) in [6, 6.07) is 3.93. The van der Waals surface area contributed by atoms with Crippen LogP contribution >= 0.6 is 0 Å². The fraction of sp³-hybridized carbons (Fsp3) is 0.650. The first-order valence-electron chi connectivity index (χ1n) is 9.62. The number of ether oxygens (including phenoxy) is 1. The number of carbonyl (C=O) groups excluding carboxylic acids is 2. The molecule has 0 aromatic carbocycles. The third-order valence-corrected chi connectivity index (χ3v) is 5.56. The molecule has 6 heteroatoms. The number of anilines is 1. The van der Waals surface area contributed by atoms with Gasteiger partial charge in [0.2, 0.25) is 5.91 Å². The van der Waals surface area contributed by atoms with E-state index in [-0.39, 0.29) is 23.3 Å². The lowest BCUT2D eigenvalue weighted by Crippen LogP contribution is -2.55. The SMILES string of the molecule is CCOC(=O)c1ccc(N2CCC[C@]3(CCC(=O)N(C(C)C)C3)C2)nc1. The Morgan fingerprint density at radius 2 is 2.12 bits per heavy atom. The second-order valence-electron chi connectivity index (χ2n) is 7.77. The summed E-state index contributed by atoms with van der Waals surface area (Å²) in [6.07, 6.45) is 5.44. The molecule has 0 bridgehead atoms. The highest BCUT2D eigenvalue weighted by Gasteiger charge is 2.42. The second-order valence-corrected chi connectivity index (χ2v) is 7.77. The first-order chi connectivity index (χ1) is 12.4. The van der Waals surface area contributed by atoms with Crippen molar-refractivity contribution >= 4 is 17.7 Å². The van der Waals surface area contributed by atoms with Crippen LogP contribution in [-0.4, -0.2) is 54.0 Å². The minimum Gasteiger partial charge on any atom is -0.462 e. The maximum atomic E-state index is 12.2. The van der Waals surface area contributed by atoms with E-state index in [2.05, 4.69) is 23.7 Å². The monoisotopic (exact) mass is 359 g/mol. The van der Waals surface area contributed by atoms with Gasteiger partial charge in [0.05, 0.1) is 12.2 Å². The van der Waals surface area contributed by atoms with Gasteiger partial charge in [-0.2, -0.15) is 0 Å². The van der Waals surface area contributed by atoms with E-state index in [9.17, 15) is 9.59 Å². The largest absolute Gasteiger partial charge is 0.462 e. The van der Waals surface area contributed by atoms with E-state index in [1.807, 2.05) is 11.0 Å². The van der Waals surface area contributed by atoms with Gasteiger partial charge in [0, 0.05) is 43.7 Å². The van der Waals surface area contributed by atoms with E-state index < -0.39 is 0 Å². The quantitative estimate of drug-likeness (QED) is 0.774. The molecule has 2 aliphatic rings. The summed E-state index contributed by atoms with van der Waals surface area (Å²) in [5, 5.41) is 0. The molecule has 3 rings (SSSR count). The van der Waals surface area contributed by atoms with Crippen molar-refractivity contribution in [3.63, 3.8) is 0 Å². The molecule has 1 aromatic rings. The lowest BCUT2D eigenvalue weighted by atomic mass is 9.73. The maximum absolute atomic E-state index is 12.2. The number of hydrogen-bond donors (Lipinski definition) is 0. The minimum atomic E-state index is -0.333. The molecule has 0 radical (unpaired) electrons. The summed E-state index contributed by atoms with van der Waals surface area (Å²) >= 11 is 0. The van der Waals surface area contributed by atoms with Crippen LogP contribution in [-0.2, 0) is 9.53 Å². The molecule has 3 heterocycles. The average molecular weight is 359 g/mol. The number of esters is 1. The van der Waals surface area contributed by atoms with Crippen LogP contribution in [0.2, 0.25) is 0 Å². The van der Waals surface area contributed by atoms with Crippen LogP contribution in [0.1, 0.15) is 56.8 Å². The summed E-state index contributed by atoms with van der Waals surface area (Å²) < 4.78 is 5.02. The van der Waals surface area contributed by atoms with Crippen molar-refractivity contribution in [2.24, 2.45) is 5.41 Å². The Labute approximate surface area is 155 Å². The Bertz CT molecular complexity index is 659. The molecule has 1 aromatic heterocycles. The lowest BCUT2D eigenvalue weighted by molar-refractivity contribution is -0.140. The molecule has 2 saturated heterocycles. The van der Waals surface area contributed by atoms with Gasteiger partial charge in [-0.05, 0) is 52.2 Å². The Kier molecular flexibility index (Phi) is 5.49. The molecule has 2 fully saturated rings. The summed E-state index contributed by atoms with van der Waals surface area (Å²) in [5.74, 6) is 0.838. The zero-order chi connectivity index (χ0) is 18.7. The van der Waals surface area contributed by atoms with Crippen molar-refractivity contribution in [3.05, 3.63) is 23.9 Å². The average Bonchev–Trinajstić information content (AvgIpc) is 2.64. The molecule has 2 aliphatic heterocycles. The van der Waals surface area contributed by atoms with Crippen molar-refractivity contribution < 1.29 is 14.3 Å². The number of nitrogens with zero attached hydrogens (tertiary/aromatic N) is 3. The van der Waals surface area contributed by atoms with Crippen molar-refractivity contribution in [3.8, 4) is 0 Å². The van der Waals surface area contributed by atoms with E-state index in [0.717, 1.165) is 44.7 Å². The van der Waals surface area contributed by atoms with Gasteiger partial charge in [-0.1, -0.05) is 0 Å². The Hall–Kier alpha value is -2.11. The van der Waals surface area contributed by atoms with Gasteiger partial charge >= 0.3 is 5.97 Å². The molecule has 0 N–H and O–H groups in total. The first kappa shape index (κ1) is 18.7. The van der Waals surface area contributed by atoms with Crippen LogP contribution in [0, 0.1) is 5.41 Å². The molecule has 142 valence electrons. The molecule has 6 nitrogen and oxygen atoms in total. The van der Waals surface area contributed by atoms with Gasteiger partial charge in [0.25, 0.3) is 0 Å². The van der Waals surface area contributed by atoms with Gasteiger partial charge in [-0.25, -0.2) is 9.78 Å². The number of amides is 1. The summed E-state index contributed by atoms with van der Waals surface area (Å²) in [5.41, 5.74) is 0.634. The Balaban J connectivity index is 1.72. The van der Waals surface area contributed by atoms with Crippen molar-refractivity contribution in [2.75, 3.05) is 31.1 Å². The number of piperidine rings is 2. The number of carbonyl (C=O) groups is 2. The van der Waals surface area contributed by atoms with Crippen LogP contribution < -0.4 is 4.90 Å². The summed E-state index contributed by atoms with van der Waals surface area (Å²) in [6.45, 7) is 9.04. The minimum absolute atomic E-state index is 0.151. The molecule has 0 aliphatic carbocycles. The van der Waals surface area contributed by atoms with E-state index in [1.54, 1.807) is 19.2 Å². The zero-order valence-electron chi connectivity index (χ0n) is 16.0. The molecule has 0 unspecified atom stereocenters. The van der Waals surface area contributed by atoms with Crippen molar-refractivity contribution in [2.45, 2.75) is 52.5 Å².